The molecule has 15 heavy (non-hydrogen) atoms. The minimum atomic E-state index is -0.578. The number of aromatic nitrogens is 1. The van der Waals surface area contributed by atoms with Crippen molar-refractivity contribution < 1.29 is 14.6 Å². The average molecular weight is 207 g/mol. The van der Waals surface area contributed by atoms with Crippen molar-refractivity contribution in [3.05, 3.63) is 23.4 Å². The van der Waals surface area contributed by atoms with Crippen LogP contribution in [0.1, 0.15) is 42.7 Å². The molecular formula is C11H13NO3. The number of carbonyl (C=O) groups is 1. The lowest BCUT2D eigenvalue weighted by Crippen LogP contribution is -2.39. The van der Waals surface area contributed by atoms with Crippen molar-refractivity contribution in [3.63, 3.8) is 0 Å². The molecule has 0 amide bonds. The minimum absolute atomic E-state index is 0.0303. The number of rotatable bonds is 0. The highest BCUT2D eigenvalue weighted by atomic mass is 16.6. The molecule has 0 saturated heterocycles. The van der Waals surface area contributed by atoms with E-state index in [0.29, 0.717) is 11.3 Å². The van der Waals surface area contributed by atoms with Crippen molar-refractivity contribution in [1.82, 2.24) is 4.98 Å². The number of fused-ring (bicyclic) bond motifs is 1. The fourth-order valence-electron chi connectivity index (χ4n) is 1.68. The quantitative estimate of drug-likeness (QED) is 0.659. The van der Waals surface area contributed by atoms with Gasteiger partial charge in [0.25, 0.3) is 0 Å². The first-order valence-corrected chi connectivity index (χ1v) is 4.85. The first kappa shape index (κ1) is 9.96. The number of nitrogens with zero attached hydrogens (tertiary/aromatic N) is 1. The number of aromatic hydroxyl groups is 1. The second-order valence-corrected chi connectivity index (χ2v) is 4.32. The van der Waals surface area contributed by atoms with Crippen LogP contribution >= 0.6 is 0 Å². The van der Waals surface area contributed by atoms with Crippen LogP contribution in [0.4, 0.5) is 0 Å². The van der Waals surface area contributed by atoms with E-state index in [0.717, 1.165) is 0 Å². The lowest BCUT2D eigenvalue weighted by molar-refractivity contribution is -0.0190. The Hall–Kier alpha value is -1.58. The molecule has 0 radical (unpaired) electrons. The van der Waals surface area contributed by atoms with E-state index < -0.39 is 5.60 Å². The van der Waals surface area contributed by atoms with Crippen molar-refractivity contribution in [2.45, 2.75) is 32.3 Å². The highest BCUT2D eigenvalue weighted by Crippen LogP contribution is 2.37. The zero-order chi connectivity index (χ0) is 11.2. The number of esters is 1. The Labute approximate surface area is 87.9 Å². The molecule has 1 N–H and O–H groups in total. The zero-order valence-electron chi connectivity index (χ0n) is 8.94. The van der Waals surface area contributed by atoms with Crippen molar-refractivity contribution in [3.8, 4) is 5.88 Å². The smallest absolute Gasteiger partial charge is 0.340 e. The molecule has 1 aliphatic heterocycles. The van der Waals surface area contributed by atoms with Crippen LogP contribution in [0.2, 0.25) is 0 Å². The second-order valence-electron chi connectivity index (χ2n) is 4.32. The van der Waals surface area contributed by atoms with Crippen LogP contribution in [0.25, 0.3) is 0 Å². The minimum Gasteiger partial charge on any atom is -0.493 e. The van der Waals surface area contributed by atoms with E-state index in [1.807, 2.05) is 20.8 Å². The molecule has 1 unspecified atom stereocenters. The van der Waals surface area contributed by atoms with Crippen molar-refractivity contribution in [2.75, 3.05) is 0 Å². The van der Waals surface area contributed by atoms with E-state index in [1.165, 1.54) is 6.07 Å². The standard InChI is InChI=1S/C11H13NO3/c1-6-9-7(4-5-8(13)12-9)10(14)15-11(6,2)3/h4-6H,1-3H3,(H,12,13). The Morgan fingerprint density at radius 3 is 2.80 bits per heavy atom. The highest BCUT2D eigenvalue weighted by molar-refractivity contribution is 5.92. The summed E-state index contributed by atoms with van der Waals surface area (Å²) in [6.45, 7) is 5.60. The maximum Gasteiger partial charge on any atom is 0.340 e. The highest BCUT2D eigenvalue weighted by Gasteiger charge is 2.40. The molecule has 0 aliphatic carbocycles. The van der Waals surface area contributed by atoms with Gasteiger partial charge in [-0.05, 0) is 19.9 Å². The summed E-state index contributed by atoms with van der Waals surface area (Å²) in [5.41, 5.74) is 0.473. The maximum atomic E-state index is 11.6. The van der Waals surface area contributed by atoms with Crippen LogP contribution in [0.5, 0.6) is 5.88 Å². The molecule has 80 valence electrons. The van der Waals surface area contributed by atoms with Crippen molar-refractivity contribution in [2.24, 2.45) is 0 Å². The fourth-order valence-corrected chi connectivity index (χ4v) is 1.68. The number of hydrogen-bond donors (Lipinski definition) is 1. The third kappa shape index (κ3) is 1.46. The lowest BCUT2D eigenvalue weighted by atomic mass is 9.85. The summed E-state index contributed by atoms with van der Waals surface area (Å²) in [6.07, 6.45) is 0. The summed E-state index contributed by atoms with van der Waals surface area (Å²) in [6, 6.07) is 2.94. The predicted molar refractivity (Wildman–Crippen MR) is 53.8 cm³/mol. The summed E-state index contributed by atoms with van der Waals surface area (Å²) in [7, 11) is 0. The number of carbonyl (C=O) groups excluding carboxylic acids is 1. The Morgan fingerprint density at radius 2 is 2.13 bits per heavy atom. The number of ether oxygens (including phenoxy) is 1. The molecule has 1 aromatic rings. The molecule has 4 nitrogen and oxygen atoms in total. The molecule has 0 spiro atoms. The first-order chi connectivity index (χ1) is 6.92. The average Bonchev–Trinajstić information content (AvgIpc) is 2.13. The molecule has 2 heterocycles. The molecule has 4 heteroatoms. The van der Waals surface area contributed by atoms with Gasteiger partial charge in [-0.1, -0.05) is 6.92 Å². The van der Waals surface area contributed by atoms with Crippen LogP contribution in [0.15, 0.2) is 12.1 Å². The summed E-state index contributed by atoms with van der Waals surface area (Å²) >= 11 is 0. The molecule has 1 atom stereocenters. The van der Waals surface area contributed by atoms with Gasteiger partial charge in [-0.3, -0.25) is 0 Å². The van der Waals surface area contributed by atoms with E-state index in [9.17, 15) is 9.90 Å². The molecule has 0 saturated carbocycles. The third-order valence-corrected chi connectivity index (χ3v) is 2.94. The predicted octanol–water partition coefficient (Wildman–Crippen LogP) is 1.84. The monoisotopic (exact) mass is 207 g/mol. The van der Waals surface area contributed by atoms with Gasteiger partial charge in [0.05, 0.1) is 11.3 Å². The van der Waals surface area contributed by atoms with Crippen LogP contribution in [-0.2, 0) is 4.74 Å². The SMILES string of the molecule is CC1c2nc(O)ccc2C(=O)OC1(C)C. The van der Waals surface area contributed by atoms with E-state index >= 15 is 0 Å². The van der Waals surface area contributed by atoms with Gasteiger partial charge < -0.3 is 9.84 Å². The molecule has 1 aliphatic rings. The molecule has 1 aromatic heterocycles. The maximum absolute atomic E-state index is 11.6. The summed E-state index contributed by atoms with van der Waals surface area (Å²) < 4.78 is 5.29. The van der Waals surface area contributed by atoms with E-state index in [4.69, 9.17) is 4.74 Å². The Morgan fingerprint density at radius 1 is 1.47 bits per heavy atom. The van der Waals surface area contributed by atoms with Gasteiger partial charge in [-0.25, -0.2) is 9.78 Å². The number of hydrogen-bond acceptors (Lipinski definition) is 4. The molecule has 2 rings (SSSR count). The Bertz CT molecular complexity index is 426. The van der Waals surface area contributed by atoms with Gasteiger partial charge in [0, 0.05) is 12.0 Å². The van der Waals surface area contributed by atoms with Gasteiger partial charge in [-0.2, -0.15) is 0 Å². The molecule has 0 bridgehead atoms. The van der Waals surface area contributed by atoms with Crippen molar-refractivity contribution >= 4 is 5.97 Å². The van der Waals surface area contributed by atoms with Crippen LogP contribution in [0, 0.1) is 0 Å². The number of cyclic esters (lactones) is 1. The number of pyridine rings is 1. The molecular weight excluding hydrogens is 194 g/mol. The van der Waals surface area contributed by atoms with Crippen LogP contribution in [0.3, 0.4) is 0 Å². The van der Waals surface area contributed by atoms with E-state index in [2.05, 4.69) is 4.98 Å². The summed E-state index contributed by atoms with van der Waals surface area (Å²) in [5.74, 6) is -0.469. The van der Waals surface area contributed by atoms with Crippen molar-refractivity contribution in [1.29, 1.82) is 0 Å². The zero-order valence-corrected chi connectivity index (χ0v) is 8.94. The van der Waals surface area contributed by atoms with Gasteiger partial charge in [0.2, 0.25) is 5.88 Å². The van der Waals surface area contributed by atoms with Gasteiger partial charge in [0.15, 0.2) is 0 Å². The normalized spacial score (nSPS) is 23.1. The topological polar surface area (TPSA) is 59.4 Å². The Kier molecular flexibility index (Phi) is 1.96. The second kappa shape index (κ2) is 2.95. The fraction of sp³-hybridized carbons (Fsp3) is 0.455. The van der Waals surface area contributed by atoms with Gasteiger partial charge in [-0.15, -0.1) is 0 Å². The summed E-state index contributed by atoms with van der Waals surface area (Å²) in [5, 5.41) is 9.30. The lowest BCUT2D eigenvalue weighted by Gasteiger charge is -2.36. The van der Waals surface area contributed by atoms with Gasteiger partial charge in [0.1, 0.15) is 5.60 Å². The van der Waals surface area contributed by atoms with Crippen LogP contribution in [-0.4, -0.2) is 21.7 Å². The third-order valence-electron chi connectivity index (χ3n) is 2.94. The van der Waals surface area contributed by atoms with Crippen LogP contribution < -0.4 is 0 Å². The Balaban J connectivity index is 2.60. The molecule has 0 aromatic carbocycles. The summed E-state index contributed by atoms with van der Waals surface area (Å²) in [4.78, 5) is 15.6. The van der Waals surface area contributed by atoms with E-state index in [-0.39, 0.29) is 17.8 Å². The largest absolute Gasteiger partial charge is 0.493 e. The van der Waals surface area contributed by atoms with E-state index in [1.54, 1.807) is 6.07 Å². The molecule has 0 fully saturated rings. The first-order valence-electron chi connectivity index (χ1n) is 4.85. The van der Waals surface area contributed by atoms with Gasteiger partial charge >= 0.3 is 5.97 Å².